The minimum atomic E-state index is -0.554. The van der Waals surface area contributed by atoms with E-state index in [4.69, 9.17) is 9.84 Å². The standard InChI is InChI=1S/C11H16N2O2.C9H13NO2/c1-3-10-8(6-15-11(10)14)4-9-5-12-7-13(9)2;1-10-6-9(12)7-3-2-4-8(11)5-7/h5,7-8,10H,3-4,6H2,1-2H3;2-5,9-12H,6H2,1H3/t8-,10-;9-/m00/s1. The van der Waals surface area contributed by atoms with Crippen LogP contribution in [0.2, 0.25) is 0 Å². The van der Waals surface area contributed by atoms with Gasteiger partial charge in [0, 0.05) is 31.4 Å². The topological polar surface area (TPSA) is 96.6 Å². The number of cyclic esters (lactones) is 1. The van der Waals surface area contributed by atoms with E-state index in [1.165, 1.54) is 0 Å². The number of aromatic nitrogens is 2. The van der Waals surface area contributed by atoms with Gasteiger partial charge in [0.2, 0.25) is 0 Å². The lowest BCUT2D eigenvalue weighted by Gasteiger charge is -2.12. The number of ether oxygens (including phenoxy) is 1. The van der Waals surface area contributed by atoms with Gasteiger partial charge >= 0.3 is 5.97 Å². The van der Waals surface area contributed by atoms with Crippen LogP contribution in [-0.4, -0.2) is 45.9 Å². The molecule has 3 atom stereocenters. The summed E-state index contributed by atoms with van der Waals surface area (Å²) in [5.74, 6) is 0.533. The lowest BCUT2D eigenvalue weighted by atomic mass is 9.89. The zero-order chi connectivity index (χ0) is 19.8. The second kappa shape index (κ2) is 10.1. The number of hydrogen-bond acceptors (Lipinski definition) is 6. The van der Waals surface area contributed by atoms with Gasteiger partial charge in [0.05, 0.1) is 25.0 Å². The normalized spacial score (nSPS) is 19.9. The molecule has 1 aliphatic rings. The van der Waals surface area contributed by atoms with Gasteiger partial charge in [0.1, 0.15) is 5.75 Å². The first kappa shape index (κ1) is 20.9. The van der Waals surface area contributed by atoms with E-state index in [2.05, 4.69) is 10.3 Å². The van der Waals surface area contributed by atoms with E-state index >= 15 is 0 Å². The third kappa shape index (κ3) is 5.80. The molecule has 148 valence electrons. The Morgan fingerprint density at radius 2 is 2.22 bits per heavy atom. The maximum absolute atomic E-state index is 11.4. The number of likely N-dealkylation sites (N-methyl/N-ethyl adjacent to an activating group) is 1. The van der Waals surface area contributed by atoms with Crippen LogP contribution in [0.15, 0.2) is 36.8 Å². The molecule has 1 aromatic heterocycles. The summed E-state index contributed by atoms with van der Waals surface area (Å²) in [5.41, 5.74) is 1.89. The number of aromatic hydroxyl groups is 1. The van der Waals surface area contributed by atoms with Crippen LogP contribution in [0.1, 0.15) is 30.7 Å². The third-order valence-corrected chi connectivity index (χ3v) is 4.79. The first-order chi connectivity index (χ1) is 13.0. The Balaban J connectivity index is 0.000000199. The maximum atomic E-state index is 11.4. The molecule has 1 aliphatic heterocycles. The van der Waals surface area contributed by atoms with Crippen LogP contribution >= 0.6 is 0 Å². The number of hydrogen-bond donors (Lipinski definition) is 3. The van der Waals surface area contributed by atoms with Crippen molar-refractivity contribution in [3.63, 3.8) is 0 Å². The smallest absolute Gasteiger partial charge is 0.309 e. The lowest BCUT2D eigenvalue weighted by Crippen LogP contribution is -2.18. The number of carbonyl (C=O) groups is 1. The molecule has 0 radical (unpaired) electrons. The quantitative estimate of drug-likeness (QED) is 0.667. The van der Waals surface area contributed by atoms with E-state index in [1.54, 1.807) is 37.6 Å². The van der Waals surface area contributed by atoms with Gasteiger partial charge in [-0.05, 0) is 37.6 Å². The van der Waals surface area contributed by atoms with Crippen LogP contribution in [0.3, 0.4) is 0 Å². The fraction of sp³-hybridized carbons (Fsp3) is 0.500. The highest BCUT2D eigenvalue weighted by atomic mass is 16.5. The van der Waals surface area contributed by atoms with Gasteiger partial charge in [-0.15, -0.1) is 0 Å². The van der Waals surface area contributed by atoms with E-state index in [-0.39, 0.29) is 17.6 Å². The summed E-state index contributed by atoms with van der Waals surface area (Å²) in [6.45, 7) is 3.08. The number of phenolic OH excluding ortho intramolecular Hbond substituents is 1. The first-order valence-electron chi connectivity index (χ1n) is 9.19. The molecule has 27 heavy (non-hydrogen) atoms. The summed E-state index contributed by atoms with van der Waals surface area (Å²) in [7, 11) is 3.74. The molecule has 3 rings (SSSR count). The zero-order valence-corrected chi connectivity index (χ0v) is 16.1. The number of rotatable bonds is 6. The van der Waals surface area contributed by atoms with Crippen molar-refractivity contribution in [3.8, 4) is 5.75 Å². The van der Waals surface area contributed by atoms with Crippen LogP contribution in [-0.2, 0) is 23.0 Å². The van der Waals surface area contributed by atoms with Crippen LogP contribution in [0.25, 0.3) is 0 Å². The fourth-order valence-corrected chi connectivity index (χ4v) is 3.20. The predicted octanol–water partition coefficient (Wildman–Crippen LogP) is 1.81. The van der Waals surface area contributed by atoms with Crippen molar-refractivity contribution in [3.05, 3.63) is 48.0 Å². The van der Waals surface area contributed by atoms with Gasteiger partial charge in [-0.3, -0.25) is 4.79 Å². The highest BCUT2D eigenvalue weighted by Crippen LogP contribution is 2.28. The second-order valence-electron chi connectivity index (χ2n) is 6.77. The number of esters is 1. The van der Waals surface area contributed by atoms with Crippen molar-refractivity contribution in [1.29, 1.82) is 0 Å². The monoisotopic (exact) mass is 375 g/mol. The van der Waals surface area contributed by atoms with Crippen LogP contribution in [0.4, 0.5) is 0 Å². The lowest BCUT2D eigenvalue weighted by molar-refractivity contribution is -0.141. The van der Waals surface area contributed by atoms with Crippen LogP contribution in [0, 0.1) is 11.8 Å². The van der Waals surface area contributed by atoms with Gasteiger partial charge in [-0.2, -0.15) is 0 Å². The molecule has 0 aliphatic carbocycles. The Labute approximate surface area is 160 Å². The Hall–Kier alpha value is -2.38. The van der Waals surface area contributed by atoms with Gasteiger partial charge in [0.15, 0.2) is 0 Å². The van der Waals surface area contributed by atoms with Crippen molar-refractivity contribution < 1.29 is 19.7 Å². The average Bonchev–Trinajstić information content (AvgIpc) is 3.21. The zero-order valence-electron chi connectivity index (χ0n) is 16.1. The molecule has 7 heteroatoms. The molecule has 0 unspecified atom stereocenters. The molecule has 3 N–H and O–H groups in total. The Kier molecular flexibility index (Phi) is 7.82. The highest BCUT2D eigenvalue weighted by molar-refractivity contribution is 5.74. The molecule has 1 fully saturated rings. The predicted molar refractivity (Wildman–Crippen MR) is 102 cm³/mol. The largest absolute Gasteiger partial charge is 0.508 e. The SMILES string of the molecule is CC[C@@H]1C(=O)OC[C@@H]1Cc1cncn1C.CNC[C@H](O)c1cccc(O)c1. The molecule has 2 aromatic rings. The minimum absolute atomic E-state index is 0.0373. The summed E-state index contributed by atoms with van der Waals surface area (Å²) in [5, 5.41) is 21.4. The fourth-order valence-electron chi connectivity index (χ4n) is 3.20. The summed E-state index contributed by atoms with van der Waals surface area (Å²) in [6, 6.07) is 6.63. The number of aryl methyl sites for hydroxylation is 1. The molecule has 1 saturated heterocycles. The molecule has 0 amide bonds. The van der Waals surface area contributed by atoms with Gasteiger partial charge in [-0.1, -0.05) is 19.1 Å². The number of phenols is 1. The van der Waals surface area contributed by atoms with Crippen molar-refractivity contribution >= 4 is 5.97 Å². The summed E-state index contributed by atoms with van der Waals surface area (Å²) < 4.78 is 7.08. The van der Waals surface area contributed by atoms with E-state index < -0.39 is 6.10 Å². The van der Waals surface area contributed by atoms with Crippen molar-refractivity contribution in [1.82, 2.24) is 14.9 Å². The van der Waals surface area contributed by atoms with E-state index in [9.17, 15) is 9.90 Å². The van der Waals surface area contributed by atoms with Gasteiger partial charge < -0.3 is 24.8 Å². The van der Waals surface area contributed by atoms with Gasteiger partial charge in [-0.25, -0.2) is 4.98 Å². The summed E-state index contributed by atoms with van der Waals surface area (Å²) in [4.78, 5) is 15.5. The van der Waals surface area contributed by atoms with Crippen LogP contribution < -0.4 is 5.32 Å². The van der Waals surface area contributed by atoms with Crippen LogP contribution in [0.5, 0.6) is 5.75 Å². The molecule has 0 spiro atoms. The molecule has 0 bridgehead atoms. The molecule has 1 aromatic carbocycles. The van der Waals surface area contributed by atoms with E-state index in [0.717, 1.165) is 24.1 Å². The van der Waals surface area contributed by atoms with Gasteiger partial charge in [0.25, 0.3) is 0 Å². The maximum Gasteiger partial charge on any atom is 0.309 e. The molecular weight excluding hydrogens is 346 g/mol. The van der Waals surface area contributed by atoms with Crippen molar-refractivity contribution in [2.24, 2.45) is 18.9 Å². The number of nitrogens with zero attached hydrogens (tertiary/aromatic N) is 2. The number of nitrogens with one attached hydrogen (secondary N) is 1. The number of carbonyl (C=O) groups excluding carboxylic acids is 1. The Morgan fingerprint density at radius 1 is 1.44 bits per heavy atom. The average molecular weight is 375 g/mol. The van der Waals surface area contributed by atoms with Crippen molar-refractivity contribution in [2.45, 2.75) is 25.9 Å². The highest BCUT2D eigenvalue weighted by Gasteiger charge is 2.35. The third-order valence-electron chi connectivity index (χ3n) is 4.79. The Bertz CT molecular complexity index is 732. The van der Waals surface area contributed by atoms with Crippen molar-refractivity contribution in [2.75, 3.05) is 20.2 Å². The number of aliphatic hydroxyl groups excluding tert-OH is 1. The minimum Gasteiger partial charge on any atom is -0.508 e. The summed E-state index contributed by atoms with van der Waals surface area (Å²) >= 11 is 0. The van der Waals surface area contributed by atoms with E-state index in [1.807, 2.05) is 24.7 Å². The Morgan fingerprint density at radius 3 is 2.81 bits per heavy atom. The number of imidazole rings is 1. The number of aliphatic hydroxyl groups is 1. The molecule has 0 saturated carbocycles. The molecule has 7 nitrogen and oxygen atoms in total. The first-order valence-corrected chi connectivity index (χ1v) is 9.19. The number of benzene rings is 1. The second-order valence-corrected chi connectivity index (χ2v) is 6.77. The molecule has 2 heterocycles. The van der Waals surface area contributed by atoms with E-state index in [0.29, 0.717) is 19.1 Å². The molecular formula is C20H29N3O4. The summed E-state index contributed by atoms with van der Waals surface area (Å²) in [6.07, 6.45) is 4.83.